The van der Waals surface area contributed by atoms with Gasteiger partial charge in [-0.1, -0.05) is 18.5 Å². The molecule has 2 rings (SSSR count). The number of hydrogen-bond acceptors (Lipinski definition) is 4. The topological polar surface area (TPSA) is 81.4 Å². The molecular formula is C16H17ClN2O4. The Kier molecular flexibility index (Phi) is 5.05. The van der Waals surface area contributed by atoms with E-state index in [0.29, 0.717) is 10.8 Å². The second-order valence-corrected chi connectivity index (χ2v) is 5.73. The summed E-state index contributed by atoms with van der Waals surface area (Å²) in [6.45, 7) is 3.05. The van der Waals surface area contributed by atoms with Crippen LogP contribution in [0.3, 0.4) is 0 Å². The van der Waals surface area contributed by atoms with Crippen molar-refractivity contribution in [3.05, 3.63) is 48.0 Å². The SMILES string of the molecule is CCC(C)(C(=O)O)C(=O)C(Oc1ccc(Cl)cc1)n1ccnc1. The van der Waals surface area contributed by atoms with Crippen molar-refractivity contribution in [3.63, 3.8) is 0 Å². The highest BCUT2D eigenvalue weighted by Crippen LogP contribution is 2.31. The lowest BCUT2D eigenvalue weighted by atomic mass is 9.82. The van der Waals surface area contributed by atoms with E-state index in [1.165, 1.54) is 24.0 Å². The summed E-state index contributed by atoms with van der Waals surface area (Å²) in [5.74, 6) is -1.33. The first kappa shape index (κ1) is 17.0. The van der Waals surface area contributed by atoms with Crippen molar-refractivity contribution in [2.45, 2.75) is 26.5 Å². The van der Waals surface area contributed by atoms with Crippen LogP contribution in [0.25, 0.3) is 0 Å². The summed E-state index contributed by atoms with van der Waals surface area (Å²) < 4.78 is 7.16. The third-order valence-corrected chi connectivity index (χ3v) is 4.06. The van der Waals surface area contributed by atoms with Crippen LogP contribution in [0.5, 0.6) is 5.75 Å². The van der Waals surface area contributed by atoms with Gasteiger partial charge in [-0.2, -0.15) is 0 Å². The zero-order valence-electron chi connectivity index (χ0n) is 12.8. The maximum atomic E-state index is 12.8. The van der Waals surface area contributed by atoms with Crippen LogP contribution in [0, 0.1) is 5.41 Å². The average molecular weight is 337 g/mol. The highest BCUT2D eigenvalue weighted by atomic mass is 35.5. The van der Waals surface area contributed by atoms with E-state index in [0.717, 1.165) is 0 Å². The van der Waals surface area contributed by atoms with Gasteiger partial charge >= 0.3 is 5.97 Å². The molecule has 2 aromatic rings. The zero-order valence-corrected chi connectivity index (χ0v) is 13.5. The first-order valence-corrected chi connectivity index (χ1v) is 7.43. The molecule has 2 atom stereocenters. The minimum Gasteiger partial charge on any atom is -0.481 e. The molecule has 0 saturated carbocycles. The van der Waals surface area contributed by atoms with Gasteiger partial charge in [-0.3, -0.25) is 14.2 Å². The maximum absolute atomic E-state index is 12.8. The smallest absolute Gasteiger partial charge is 0.317 e. The predicted molar refractivity (Wildman–Crippen MR) is 84.4 cm³/mol. The summed E-state index contributed by atoms with van der Waals surface area (Å²) in [5, 5.41) is 9.97. The number of Topliss-reactive ketones (excluding diaryl/α,β-unsaturated/α-hetero) is 1. The van der Waals surface area contributed by atoms with Gasteiger partial charge in [0.2, 0.25) is 12.0 Å². The monoisotopic (exact) mass is 336 g/mol. The maximum Gasteiger partial charge on any atom is 0.317 e. The van der Waals surface area contributed by atoms with Gasteiger partial charge in [0.15, 0.2) is 0 Å². The number of ketones is 1. The van der Waals surface area contributed by atoms with E-state index in [1.54, 1.807) is 37.4 Å². The lowest BCUT2D eigenvalue weighted by Crippen LogP contribution is -2.42. The molecule has 0 aliphatic rings. The highest BCUT2D eigenvalue weighted by molar-refractivity contribution is 6.30. The number of rotatable bonds is 7. The molecule has 1 aromatic carbocycles. The third kappa shape index (κ3) is 3.53. The summed E-state index contributed by atoms with van der Waals surface area (Å²) in [6, 6.07) is 6.48. The number of imidazole rings is 1. The van der Waals surface area contributed by atoms with Crippen molar-refractivity contribution in [3.8, 4) is 5.75 Å². The number of carbonyl (C=O) groups excluding carboxylic acids is 1. The van der Waals surface area contributed by atoms with Crippen molar-refractivity contribution in [2.24, 2.45) is 5.41 Å². The van der Waals surface area contributed by atoms with Crippen LogP contribution in [0.15, 0.2) is 43.0 Å². The quantitative estimate of drug-likeness (QED) is 0.785. The van der Waals surface area contributed by atoms with E-state index >= 15 is 0 Å². The lowest BCUT2D eigenvalue weighted by molar-refractivity contribution is -0.158. The van der Waals surface area contributed by atoms with E-state index < -0.39 is 23.4 Å². The van der Waals surface area contributed by atoms with Gasteiger partial charge in [0.25, 0.3) is 0 Å². The number of aromatic nitrogens is 2. The molecule has 1 heterocycles. The Balaban J connectivity index is 2.37. The molecule has 2 unspecified atom stereocenters. The molecular weight excluding hydrogens is 320 g/mol. The van der Waals surface area contributed by atoms with E-state index in [-0.39, 0.29) is 6.42 Å². The fraction of sp³-hybridized carbons (Fsp3) is 0.312. The molecule has 0 spiro atoms. The molecule has 6 nitrogen and oxygen atoms in total. The van der Waals surface area contributed by atoms with E-state index in [4.69, 9.17) is 16.3 Å². The number of carboxylic acids is 1. The second-order valence-electron chi connectivity index (χ2n) is 5.29. The number of carbonyl (C=O) groups is 2. The average Bonchev–Trinajstić information content (AvgIpc) is 3.06. The van der Waals surface area contributed by atoms with Gasteiger partial charge in [-0.15, -0.1) is 0 Å². The minimum atomic E-state index is -1.55. The first-order chi connectivity index (χ1) is 10.9. The van der Waals surface area contributed by atoms with Crippen LogP contribution < -0.4 is 4.74 Å². The van der Waals surface area contributed by atoms with Gasteiger partial charge in [0, 0.05) is 17.4 Å². The van der Waals surface area contributed by atoms with Crippen molar-refractivity contribution in [2.75, 3.05) is 0 Å². The van der Waals surface area contributed by atoms with Gasteiger partial charge < -0.3 is 9.84 Å². The van der Waals surface area contributed by atoms with Gasteiger partial charge in [-0.25, -0.2) is 4.98 Å². The Labute approximate surface area is 138 Å². The molecule has 1 N–H and O–H groups in total. The number of nitrogens with zero attached hydrogens (tertiary/aromatic N) is 2. The number of halogens is 1. The number of ether oxygens (including phenoxy) is 1. The Morgan fingerprint density at radius 1 is 1.39 bits per heavy atom. The Morgan fingerprint density at radius 2 is 2.04 bits per heavy atom. The molecule has 0 aliphatic heterocycles. The second kappa shape index (κ2) is 6.83. The Morgan fingerprint density at radius 3 is 2.52 bits per heavy atom. The Hall–Kier alpha value is -2.34. The van der Waals surface area contributed by atoms with E-state index in [2.05, 4.69) is 4.98 Å². The molecule has 0 radical (unpaired) electrons. The van der Waals surface area contributed by atoms with Crippen LogP contribution >= 0.6 is 11.6 Å². The molecule has 1 aromatic heterocycles. The van der Waals surface area contributed by atoms with Crippen molar-refractivity contribution < 1.29 is 19.4 Å². The van der Waals surface area contributed by atoms with Crippen LogP contribution in [-0.4, -0.2) is 26.4 Å². The molecule has 23 heavy (non-hydrogen) atoms. The van der Waals surface area contributed by atoms with Crippen molar-refractivity contribution in [1.29, 1.82) is 0 Å². The molecule has 0 aliphatic carbocycles. The molecule has 0 bridgehead atoms. The fourth-order valence-electron chi connectivity index (χ4n) is 2.00. The van der Waals surface area contributed by atoms with Crippen LogP contribution in [0.1, 0.15) is 26.5 Å². The number of benzene rings is 1. The van der Waals surface area contributed by atoms with E-state index in [1.807, 2.05) is 0 Å². The highest BCUT2D eigenvalue weighted by Gasteiger charge is 2.44. The summed E-state index contributed by atoms with van der Waals surface area (Å²) in [4.78, 5) is 28.3. The third-order valence-electron chi connectivity index (χ3n) is 3.80. The summed E-state index contributed by atoms with van der Waals surface area (Å²) in [5.41, 5.74) is -1.55. The molecule has 0 fully saturated rings. The predicted octanol–water partition coefficient (Wildman–Crippen LogP) is 3.18. The van der Waals surface area contributed by atoms with Crippen molar-refractivity contribution in [1.82, 2.24) is 9.55 Å². The minimum absolute atomic E-state index is 0.149. The zero-order chi connectivity index (χ0) is 17.0. The van der Waals surface area contributed by atoms with Crippen LogP contribution in [-0.2, 0) is 9.59 Å². The molecule has 7 heteroatoms. The van der Waals surface area contributed by atoms with Gasteiger partial charge in [0.1, 0.15) is 11.2 Å². The number of hydrogen-bond donors (Lipinski definition) is 1. The summed E-state index contributed by atoms with van der Waals surface area (Å²) in [6.07, 6.45) is 3.48. The first-order valence-electron chi connectivity index (χ1n) is 7.06. The summed E-state index contributed by atoms with van der Waals surface area (Å²) >= 11 is 5.83. The van der Waals surface area contributed by atoms with Crippen LogP contribution in [0.4, 0.5) is 0 Å². The molecule has 0 amide bonds. The van der Waals surface area contributed by atoms with Gasteiger partial charge in [0.05, 0.1) is 6.33 Å². The van der Waals surface area contributed by atoms with Gasteiger partial charge in [-0.05, 0) is 37.6 Å². The standard InChI is InChI=1S/C16H17ClN2O4/c1-3-16(2,15(21)22)13(20)14(19-9-8-18-10-19)23-12-6-4-11(17)5-7-12/h4-10,14H,3H2,1-2H3,(H,21,22). The van der Waals surface area contributed by atoms with E-state index in [9.17, 15) is 14.7 Å². The normalized spacial score (nSPS) is 14.7. The Bertz CT molecular complexity index is 685. The van der Waals surface area contributed by atoms with Crippen molar-refractivity contribution >= 4 is 23.4 Å². The molecule has 122 valence electrons. The van der Waals surface area contributed by atoms with Crippen LogP contribution in [0.2, 0.25) is 5.02 Å². The summed E-state index contributed by atoms with van der Waals surface area (Å²) in [7, 11) is 0. The number of carboxylic acid groups (broad SMARTS) is 1. The lowest BCUT2D eigenvalue weighted by Gasteiger charge is -2.28. The fourth-order valence-corrected chi connectivity index (χ4v) is 2.13. The number of aliphatic carboxylic acids is 1. The molecule has 0 saturated heterocycles. The largest absolute Gasteiger partial charge is 0.481 e.